The van der Waals surface area contributed by atoms with Crippen LogP contribution in [0.15, 0.2) is 48.5 Å². The molecular formula is C14H14N2O9P2S2. The van der Waals surface area contributed by atoms with Crippen molar-refractivity contribution in [2.45, 2.75) is 0 Å². The van der Waals surface area contributed by atoms with E-state index in [9.17, 15) is 20.2 Å². The number of rotatable bonds is 10. The first-order valence-electron chi connectivity index (χ1n) is 7.51. The number of benzene rings is 2. The molecule has 2 rings (SSSR count). The van der Waals surface area contributed by atoms with Crippen molar-refractivity contribution in [1.29, 1.82) is 0 Å². The lowest BCUT2D eigenvalue weighted by molar-refractivity contribution is -0.385. The summed E-state index contributed by atoms with van der Waals surface area (Å²) in [4.78, 5) is 20.3. The third-order valence-electron chi connectivity index (χ3n) is 3.18. The molecule has 0 spiro atoms. The lowest BCUT2D eigenvalue weighted by atomic mass is 10.3. The van der Waals surface area contributed by atoms with Gasteiger partial charge in [-0.2, -0.15) is 0 Å². The Kier molecular flexibility index (Phi) is 7.78. The number of hydrogen-bond acceptors (Lipinski definition) is 11. The second kappa shape index (κ2) is 9.68. The largest absolute Gasteiger partial charge is 0.424 e. The van der Waals surface area contributed by atoms with Gasteiger partial charge >= 0.3 is 13.4 Å². The second-order valence-corrected chi connectivity index (χ2v) is 11.2. The summed E-state index contributed by atoms with van der Waals surface area (Å²) in [6.45, 7) is -7.02. The summed E-state index contributed by atoms with van der Waals surface area (Å²) >= 11 is 10.6. The monoisotopic (exact) mass is 480 g/mol. The van der Waals surface area contributed by atoms with Crippen molar-refractivity contribution >= 4 is 48.4 Å². The lowest BCUT2D eigenvalue weighted by Gasteiger charge is -2.26. The van der Waals surface area contributed by atoms with Crippen molar-refractivity contribution in [3.05, 3.63) is 68.8 Å². The van der Waals surface area contributed by atoms with Crippen LogP contribution in [0, 0.1) is 20.2 Å². The Bertz CT molecular complexity index is 906. The molecule has 2 atom stereocenters. The van der Waals surface area contributed by atoms with E-state index in [-0.39, 0.29) is 22.9 Å². The van der Waals surface area contributed by atoms with Crippen LogP contribution in [0.4, 0.5) is 11.4 Å². The second-order valence-electron chi connectivity index (χ2n) is 5.03. The van der Waals surface area contributed by atoms with Gasteiger partial charge in [0.25, 0.3) is 11.4 Å². The van der Waals surface area contributed by atoms with Gasteiger partial charge in [-0.05, 0) is 24.3 Å². The zero-order valence-corrected chi connectivity index (χ0v) is 18.3. The summed E-state index contributed by atoms with van der Waals surface area (Å²) in [6.07, 6.45) is 0. The third-order valence-corrected chi connectivity index (χ3v) is 9.08. The van der Waals surface area contributed by atoms with Crippen molar-refractivity contribution in [1.82, 2.24) is 0 Å². The van der Waals surface area contributed by atoms with Crippen molar-refractivity contribution in [2.75, 3.05) is 14.2 Å². The van der Waals surface area contributed by atoms with Crippen LogP contribution in [-0.2, 0) is 37.0 Å². The Balaban J connectivity index is 2.17. The molecule has 0 saturated carbocycles. The van der Waals surface area contributed by atoms with Gasteiger partial charge in [0.2, 0.25) is 0 Å². The fraction of sp³-hybridized carbons (Fsp3) is 0.143. The third kappa shape index (κ3) is 6.51. The predicted octanol–water partition coefficient (Wildman–Crippen LogP) is 4.72. The van der Waals surface area contributed by atoms with Crippen molar-refractivity contribution in [2.24, 2.45) is 0 Å². The summed E-state index contributed by atoms with van der Waals surface area (Å²) in [7, 11) is 2.49. The standard InChI is InChI=1S/C14H14N2O9P2S2/c1-21-26(28,23-13-7-3-11(4-8-13)15(17)18)25-27(29,22-2)24-14-9-5-12(6-10-14)16(19)20/h3-10H,1-2H3. The first-order valence-corrected chi connectivity index (χ1v) is 12.6. The molecule has 0 N–H and O–H groups in total. The molecule has 0 heterocycles. The predicted molar refractivity (Wildman–Crippen MR) is 111 cm³/mol. The zero-order valence-electron chi connectivity index (χ0n) is 14.9. The zero-order chi connectivity index (χ0) is 21.7. The Morgan fingerprint density at radius 3 is 1.28 bits per heavy atom. The van der Waals surface area contributed by atoms with Crippen LogP contribution >= 0.6 is 13.4 Å². The molecule has 0 aliphatic heterocycles. The SMILES string of the molecule is COP(=S)(Oc1ccc([N+](=O)[O-])cc1)OP(=S)(OC)Oc1ccc([N+](=O)[O-])cc1. The first-order chi connectivity index (χ1) is 13.6. The van der Waals surface area contributed by atoms with Crippen LogP contribution in [0.25, 0.3) is 0 Å². The van der Waals surface area contributed by atoms with E-state index < -0.39 is 23.3 Å². The highest BCUT2D eigenvalue weighted by Crippen LogP contribution is 2.65. The molecule has 15 heteroatoms. The Morgan fingerprint density at radius 1 is 0.724 bits per heavy atom. The van der Waals surface area contributed by atoms with Gasteiger partial charge in [0.1, 0.15) is 11.5 Å². The Hall–Kier alpha value is -1.98. The molecule has 0 amide bonds. The topological polar surface area (TPSA) is 132 Å². The molecule has 156 valence electrons. The van der Waals surface area contributed by atoms with E-state index in [2.05, 4.69) is 0 Å². The van der Waals surface area contributed by atoms with Gasteiger partial charge in [-0.25, -0.2) is 4.31 Å². The van der Waals surface area contributed by atoms with Gasteiger partial charge in [-0.1, -0.05) is 0 Å². The van der Waals surface area contributed by atoms with E-state index in [1.165, 1.54) is 62.8 Å². The number of nitro benzene ring substituents is 2. The first kappa shape index (κ1) is 23.3. The number of non-ortho nitro benzene ring substituents is 2. The highest BCUT2D eigenvalue weighted by molar-refractivity contribution is 8.15. The quantitative estimate of drug-likeness (QED) is 0.266. The van der Waals surface area contributed by atoms with E-state index in [0.717, 1.165) is 0 Å². The summed E-state index contributed by atoms with van der Waals surface area (Å²) in [6, 6.07) is 10.2. The average molecular weight is 480 g/mol. The molecule has 29 heavy (non-hydrogen) atoms. The molecule has 0 aromatic heterocycles. The van der Waals surface area contributed by atoms with Crippen LogP contribution in [-0.4, -0.2) is 24.1 Å². The van der Waals surface area contributed by atoms with Gasteiger partial charge in [0.05, 0.1) is 9.85 Å². The van der Waals surface area contributed by atoms with Crippen LogP contribution in [0.5, 0.6) is 11.5 Å². The van der Waals surface area contributed by atoms with Gasteiger partial charge in [0.15, 0.2) is 0 Å². The fourth-order valence-electron chi connectivity index (χ4n) is 1.81. The van der Waals surface area contributed by atoms with Crippen molar-refractivity contribution in [3.8, 4) is 11.5 Å². The van der Waals surface area contributed by atoms with Gasteiger partial charge in [0, 0.05) is 62.1 Å². The summed E-state index contributed by atoms with van der Waals surface area (Å²) in [5.74, 6) is 0.322. The van der Waals surface area contributed by atoms with Gasteiger partial charge < -0.3 is 18.1 Å². The van der Waals surface area contributed by atoms with Crippen LogP contribution < -0.4 is 9.05 Å². The van der Waals surface area contributed by atoms with Crippen molar-refractivity contribution in [3.63, 3.8) is 0 Å². The molecule has 0 saturated heterocycles. The van der Waals surface area contributed by atoms with E-state index in [1.54, 1.807) is 0 Å². The molecule has 0 fully saturated rings. The van der Waals surface area contributed by atoms with E-state index in [4.69, 9.17) is 46.0 Å². The molecule has 0 aliphatic carbocycles. The summed E-state index contributed by atoms with van der Waals surface area (Å²) < 4.78 is 27.0. The minimum Gasteiger partial charge on any atom is -0.424 e. The molecule has 0 bridgehead atoms. The Morgan fingerprint density at radius 2 is 1.03 bits per heavy atom. The van der Waals surface area contributed by atoms with E-state index in [0.29, 0.717) is 0 Å². The van der Waals surface area contributed by atoms with Crippen LogP contribution in [0.3, 0.4) is 0 Å². The number of nitrogens with zero attached hydrogens (tertiary/aromatic N) is 2. The number of nitro groups is 2. The van der Waals surface area contributed by atoms with Gasteiger partial charge in [-0.15, -0.1) is 0 Å². The molecule has 2 aromatic rings. The van der Waals surface area contributed by atoms with Crippen LogP contribution in [0.2, 0.25) is 0 Å². The lowest BCUT2D eigenvalue weighted by Crippen LogP contribution is -2.04. The van der Waals surface area contributed by atoms with E-state index in [1.807, 2.05) is 0 Å². The molecular weight excluding hydrogens is 466 g/mol. The molecule has 0 radical (unpaired) electrons. The molecule has 2 unspecified atom stereocenters. The van der Waals surface area contributed by atoms with Crippen LogP contribution in [0.1, 0.15) is 0 Å². The smallest absolute Gasteiger partial charge is 0.388 e. The maximum Gasteiger partial charge on any atom is 0.388 e. The highest BCUT2D eigenvalue weighted by atomic mass is 32.5. The summed E-state index contributed by atoms with van der Waals surface area (Å²) in [5.41, 5.74) is -0.264. The minimum absolute atomic E-state index is 0.132. The minimum atomic E-state index is -3.51. The van der Waals surface area contributed by atoms with Gasteiger partial charge in [-0.3, -0.25) is 20.2 Å². The summed E-state index contributed by atoms with van der Waals surface area (Å²) in [5, 5.41) is 21.5. The van der Waals surface area contributed by atoms with E-state index >= 15 is 0 Å². The average Bonchev–Trinajstić information content (AvgIpc) is 2.68. The maximum absolute atomic E-state index is 10.7. The van der Waals surface area contributed by atoms with Crippen molar-refractivity contribution < 1.29 is 32.3 Å². The highest BCUT2D eigenvalue weighted by Gasteiger charge is 2.34. The Labute approximate surface area is 175 Å². The molecule has 0 aliphatic rings. The number of hydrogen-bond donors (Lipinski definition) is 0. The molecule has 11 nitrogen and oxygen atoms in total. The maximum atomic E-state index is 10.7. The fourth-order valence-corrected chi connectivity index (χ4v) is 6.98. The molecule has 2 aromatic carbocycles. The normalized spacial score (nSPS) is 15.0.